The van der Waals surface area contributed by atoms with Gasteiger partial charge in [0.15, 0.2) is 22.7 Å². The van der Waals surface area contributed by atoms with E-state index in [0.717, 1.165) is 12.0 Å². The Morgan fingerprint density at radius 1 is 0.960 bits per heavy atom. The predicted molar refractivity (Wildman–Crippen MR) is 201 cm³/mol. The van der Waals surface area contributed by atoms with Crippen molar-refractivity contribution < 1.29 is 37.0 Å². The number of halogens is 1. The summed E-state index contributed by atoms with van der Waals surface area (Å²) in [6.45, 7) is 26.4. The summed E-state index contributed by atoms with van der Waals surface area (Å²) in [6.07, 6.45) is 8.37. The minimum absolute atomic E-state index is 0.0217. The Balaban J connectivity index is 1.56. The summed E-state index contributed by atoms with van der Waals surface area (Å²) in [4.78, 5) is 26.6. The largest absolute Gasteiger partial charge is 0.479 e. The van der Waals surface area contributed by atoms with Crippen LogP contribution in [0.1, 0.15) is 93.9 Å². The molecule has 7 nitrogen and oxygen atoms in total. The molecule has 1 saturated heterocycles. The van der Waals surface area contributed by atoms with Gasteiger partial charge in [0.25, 0.3) is 0 Å². The van der Waals surface area contributed by atoms with Crippen molar-refractivity contribution in [1.82, 2.24) is 0 Å². The van der Waals surface area contributed by atoms with Crippen LogP contribution in [0.3, 0.4) is 0 Å². The fourth-order valence-electron chi connectivity index (χ4n) is 6.89. The molecule has 1 fully saturated rings. The third-order valence-corrected chi connectivity index (χ3v) is 20.9. The number of fused-ring (bicyclic) bond motifs is 1. The second-order valence-corrected chi connectivity index (χ2v) is 27.3. The minimum atomic E-state index is -2.14. The number of esters is 2. The molecule has 280 valence electrons. The van der Waals surface area contributed by atoms with Gasteiger partial charge in [-0.3, -0.25) is 4.79 Å². The van der Waals surface area contributed by atoms with Crippen LogP contribution in [0.25, 0.3) is 0 Å². The van der Waals surface area contributed by atoms with E-state index >= 15 is 0 Å². The fourth-order valence-corrected chi connectivity index (χ4v) is 9.53. The van der Waals surface area contributed by atoms with Gasteiger partial charge < -0.3 is 23.1 Å². The zero-order valence-corrected chi connectivity index (χ0v) is 34.6. The monoisotopic (exact) mass is 730 g/mol. The van der Waals surface area contributed by atoms with Crippen LogP contribution in [0, 0.1) is 23.6 Å². The first-order valence-electron chi connectivity index (χ1n) is 18.7. The second-order valence-electron chi connectivity index (χ2n) is 17.8. The van der Waals surface area contributed by atoms with Gasteiger partial charge in [-0.25, -0.2) is 9.18 Å². The maximum absolute atomic E-state index is 13.8. The summed E-state index contributed by atoms with van der Waals surface area (Å²) in [5.74, 6) is -0.215. The van der Waals surface area contributed by atoms with Crippen LogP contribution in [0.4, 0.5) is 4.39 Å². The van der Waals surface area contributed by atoms with E-state index in [-0.39, 0.29) is 57.9 Å². The molecule has 4 rings (SSSR count). The zero-order valence-electron chi connectivity index (χ0n) is 32.6. The number of hydrogen-bond donors (Lipinski definition) is 0. The molecule has 0 spiro atoms. The van der Waals surface area contributed by atoms with E-state index in [2.05, 4.69) is 92.9 Å². The summed E-state index contributed by atoms with van der Waals surface area (Å²) in [5, 5.41) is 0.0742. The van der Waals surface area contributed by atoms with Crippen LogP contribution in [0.15, 0.2) is 48.1 Å². The molecule has 3 aliphatic rings. The Morgan fingerprint density at radius 3 is 2.18 bits per heavy atom. The van der Waals surface area contributed by atoms with Crippen molar-refractivity contribution in [2.45, 2.75) is 161 Å². The highest BCUT2D eigenvalue weighted by Crippen LogP contribution is 2.47. The quantitative estimate of drug-likeness (QED) is 0.156. The molecule has 0 N–H and O–H groups in total. The Morgan fingerprint density at radius 2 is 1.58 bits per heavy atom. The van der Waals surface area contributed by atoms with E-state index in [9.17, 15) is 14.0 Å². The van der Waals surface area contributed by atoms with Gasteiger partial charge in [0.05, 0.1) is 18.6 Å². The van der Waals surface area contributed by atoms with Gasteiger partial charge in [-0.05, 0) is 97.2 Å². The molecule has 1 heterocycles. The van der Waals surface area contributed by atoms with Gasteiger partial charge in [0.2, 0.25) is 0 Å². The van der Waals surface area contributed by atoms with Crippen molar-refractivity contribution in [2.75, 3.05) is 0 Å². The van der Waals surface area contributed by atoms with Gasteiger partial charge in [-0.1, -0.05) is 73.6 Å². The molecule has 0 radical (unpaired) electrons. The highest BCUT2D eigenvalue weighted by molar-refractivity contribution is 6.74. The molecular formula is C40H63FO7Si2. The average Bonchev–Trinajstić information content (AvgIpc) is 2.98. The maximum Gasteiger partial charge on any atom is 0.347 e. The topological polar surface area (TPSA) is 80.3 Å². The molecular weight excluding hydrogens is 668 g/mol. The first-order valence-corrected chi connectivity index (χ1v) is 24.5. The third-order valence-electron chi connectivity index (χ3n) is 11.9. The Bertz CT molecular complexity index is 1390. The molecule has 1 aliphatic heterocycles. The van der Waals surface area contributed by atoms with E-state index in [0.29, 0.717) is 37.9 Å². The molecule has 50 heavy (non-hydrogen) atoms. The SMILES string of the molecule is CCC(Oc1ccc(F)cc1)C(=O)O[C@H]1C[C@H](O[Si](C)(C)C(C)(C)C)C=C2C=C[C@H](C)[C@H](CC[C@@H]3C[C@@H](O[Si](C)(C)C(C)(C)C)CC(=O)O3)[C@H]21. The smallest absolute Gasteiger partial charge is 0.347 e. The maximum atomic E-state index is 13.8. The third kappa shape index (κ3) is 9.98. The standard InChI is InChI=1S/C40H63FO7Si2/c1-13-34(44-29-18-16-28(41)17-19-29)38(43)46-35-24-31(47-49(9,10)39(3,4)5)22-27-15-14-26(2)33(37(27)35)21-20-30-23-32(25-36(42)45-30)48-50(11,12)40(6,7)8/h14-19,22,26,30-35,37H,13,20-21,23-25H2,1-12H3/t26-,30+,31+,32+,33-,34?,35-,37-/m0/s1. The molecule has 1 unspecified atom stereocenters. The van der Waals surface area contributed by atoms with Gasteiger partial charge in [-0.15, -0.1) is 0 Å². The molecule has 0 saturated carbocycles. The van der Waals surface area contributed by atoms with Crippen molar-refractivity contribution in [1.29, 1.82) is 0 Å². The average molecular weight is 731 g/mol. The lowest BCUT2D eigenvalue weighted by Crippen LogP contribution is -2.49. The number of ether oxygens (including phenoxy) is 3. The van der Waals surface area contributed by atoms with E-state index in [4.69, 9.17) is 23.1 Å². The summed E-state index contributed by atoms with van der Waals surface area (Å²) in [6, 6.07) is 5.69. The minimum Gasteiger partial charge on any atom is -0.479 e. The lowest BCUT2D eigenvalue weighted by atomic mass is 9.66. The predicted octanol–water partition coefficient (Wildman–Crippen LogP) is 9.93. The number of cyclic esters (lactones) is 1. The molecule has 8 atom stereocenters. The van der Waals surface area contributed by atoms with Crippen molar-refractivity contribution in [2.24, 2.45) is 17.8 Å². The van der Waals surface area contributed by atoms with Crippen molar-refractivity contribution in [3.63, 3.8) is 0 Å². The van der Waals surface area contributed by atoms with Gasteiger partial charge in [-0.2, -0.15) is 0 Å². The van der Waals surface area contributed by atoms with E-state index in [1.165, 1.54) is 24.3 Å². The van der Waals surface area contributed by atoms with Crippen molar-refractivity contribution in [3.8, 4) is 5.75 Å². The van der Waals surface area contributed by atoms with E-state index < -0.39 is 34.8 Å². The fraction of sp³-hybridized carbons (Fsp3) is 0.700. The lowest BCUT2D eigenvalue weighted by molar-refractivity contribution is -0.164. The van der Waals surface area contributed by atoms with Gasteiger partial charge in [0.1, 0.15) is 23.8 Å². The summed E-state index contributed by atoms with van der Waals surface area (Å²) < 4.78 is 45.5. The lowest BCUT2D eigenvalue weighted by Gasteiger charge is -2.46. The van der Waals surface area contributed by atoms with Crippen LogP contribution in [-0.2, 0) is 27.9 Å². The van der Waals surface area contributed by atoms with Gasteiger partial charge in [0, 0.05) is 18.8 Å². The number of benzene rings is 1. The van der Waals surface area contributed by atoms with Crippen LogP contribution >= 0.6 is 0 Å². The molecule has 0 bridgehead atoms. The summed E-state index contributed by atoms with van der Waals surface area (Å²) in [7, 11) is -4.19. The number of rotatable bonds is 12. The molecule has 0 aromatic heterocycles. The molecule has 2 aliphatic carbocycles. The Kier molecular flexibility index (Phi) is 12.8. The van der Waals surface area contributed by atoms with E-state index in [1.54, 1.807) is 0 Å². The van der Waals surface area contributed by atoms with Crippen molar-refractivity contribution in [3.05, 3.63) is 53.9 Å². The second kappa shape index (κ2) is 15.8. The first-order chi connectivity index (χ1) is 23.1. The Labute approximate surface area is 303 Å². The highest BCUT2D eigenvalue weighted by atomic mass is 28.4. The molecule has 1 aromatic carbocycles. The van der Waals surface area contributed by atoms with Crippen molar-refractivity contribution >= 4 is 28.6 Å². The number of allylic oxidation sites excluding steroid dienone is 2. The van der Waals surface area contributed by atoms with Crippen LogP contribution < -0.4 is 4.74 Å². The summed E-state index contributed by atoms with van der Waals surface area (Å²) >= 11 is 0. The van der Waals surface area contributed by atoms with Crippen LogP contribution in [0.5, 0.6) is 5.75 Å². The molecule has 10 heteroatoms. The molecule has 0 amide bonds. The number of carbonyl (C=O) groups is 2. The molecule has 1 aromatic rings. The number of hydrogen-bond acceptors (Lipinski definition) is 7. The highest BCUT2D eigenvalue weighted by Gasteiger charge is 2.47. The van der Waals surface area contributed by atoms with E-state index in [1.807, 2.05) is 6.92 Å². The normalized spacial score (nSPS) is 28.3. The van der Waals surface area contributed by atoms with Gasteiger partial charge >= 0.3 is 11.9 Å². The van der Waals surface area contributed by atoms with Crippen LogP contribution in [-0.4, -0.2) is 59.1 Å². The zero-order chi connectivity index (χ0) is 37.2. The van der Waals surface area contributed by atoms with Crippen LogP contribution in [0.2, 0.25) is 36.3 Å². The first kappa shape index (κ1) is 40.5. The summed E-state index contributed by atoms with van der Waals surface area (Å²) in [5.41, 5.74) is 1.13. The Hall–Kier alpha value is -2.28. The number of carbonyl (C=O) groups excluding carboxylic acids is 2.